The topological polar surface area (TPSA) is 65.3 Å². The predicted octanol–water partition coefficient (Wildman–Crippen LogP) is 2.21. The third-order valence-corrected chi connectivity index (χ3v) is 2.62. The second kappa shape index (κ2) is 3.22. The summed E-state index contributed by atoms with van der Waals surface area (Å²) in [5, 5.41) is 10.6. The molecule has 0 bridgehead atoms. The molecule has 0 saturated heterocycles. The van der Waals surface area contributed by atoms with Crippen LogP contribution in [0.2, 0.25) is 0 Å². The van der Waals surface area contributed by atoms with Gasteiger partial charge in [0.1, 0.15) is 0 Å². The van der Waals surface area contributed by atoms with Crippen LogP contribution in [0.3, 0.4) is 0 Å². The van der Waals surface area contributed by atoms with E-state index in [1.54, 1.807) is 11.6 Å². The van der Waals surface area contributed by atoms with Crippen molar-refractivity contribution in [1.82, 2.24) is 4.98 Å². The van der Waals surface area contributed by atoms with Crippen LogP contribution in [-0.4, -0.2) is 17.0 Å². The minimum Gasteiger partial charge on any atom is -0.490 e. The molecule has 5 nitrogen and oxygen atoms in total. The van der Waals surface area contributed by atoms with Crippen LogP contribution in [0.1, 0.15) is 0 Å². The molecule has 6 heteroatoms. The van der Waals surface area contributed by atoms with E-state index in [0.717, 1.165) is 4.70 Å². The van der Waals surface area contributed by atoms with Gasteiger partial charge in [-0.25, -0.2) is 4.98 Å². The number of nitro benzene ring substituents is 1. The Bertz CT molecular complexity index is 494. The molecule has 0 saturated carbocycles. The number of aromatic nitrogens is 1. The Kier molecular flexibility index (Phi) is 2.05. The molecule has 0 radical (unpaired) electrons. The molecular formula is C8H6N2O3S. The lowest BCUT2D eigenvalue weighted by atomic mass is 10.3. The number of ether oxygens (including phenoxy) is 1. The van der Waals surface area contributed by atoms with Crippen molar-refractivity contribution in [3.8, 4) is 5.75 Å². The van der Waals surface area contributed by atoms with Gasteiger partial charge in [-0.3, -0.25) is 10.1 Å². The number of nitro groups is 1. The number of hydrogen-bond acceptors (Lipinski definition) is 5. The summed E-state index contributed by atoms with van der Waals surface area (Å²) in [6.45, 7) is 0. The number of rotatable bonds is 2. The highest BCUT2D eigenvalue weighted by Gasteiger charge is 2.16. The predicted molar refractivity (Wildman–Crippen MR) is 52.8 cm³/mol. The van der Waals surface area contributed by atoms with E-state index in [9.17, 15) is 10.1 Å². The molecule has 2 aromatic rings. The summed E-state index contributed by atoms with van der Waals surface area (Å²) in [4.78, 5) is 14.2. The molecule has 1 aromatic heterocycles. The molecule has 0 aliphatic rings. The fourth-order valence-electron chi connectivity index (χ4n) is 1.18. The summed E-state index contributed by atoms with van der Waals surface area (Å²) in [5.74, 6) is 0.270. The van der Waals surface area contributed by atoms with E-state index < -0.39 is 4.92 Å². The summed E-state index contributed by atoms with van der Waals surface area (Å²) in [5.41, 5.74) is 2.22. The fraction of sp³-hybridized carbons (Fsp3) is 0.125. The summed E-state index contributed by atoms with van der Waals surface area (Å²) in [6, 6.07) is 3.05. The average Bonchev–Trinajstić information content (AvgIpc) is 2.62. The zero-order chi connectivity index (χ0) is 10.1. The highest BCUT2D eigenvalue weighted by molar-refractivity contribution is 7.16. The second-order valence-corrected chi connectivity index (χ2v) is 3.49. The molecule has 0 fully saturated rings. The van der Waals surface area contributed by atoms with Crippen LogP contribution in [0.25, 0.3) is 10.2 Å². The smallest absolute Gasteiger partial charge is 0.313 e. The van der Waals surface area contributed by atoms with Crippen molar-refractivity contribution in [2.75, 3.05) is 7.11 Å². The second-order valence-electron chi connectivity index (χ2n) is 2.60. The van der Waals surface area contributed by atoms with Gasteiger partial charge in [0.2, 0.25) is 0 Å². The number of benzene rings is 1. The molecule has 0 spiro atoms. The lowest BCUT2D eigenvalue weighted by molar-refractivity contribution is -0.385. The van der Waals surface area contributed by atoms with Crippen LogP contribution in [0.15, 0.2) is 17.6 Å². The molecule has 72 valence electrons. The number of thiazole rings is 1. The third-order valence-electron chi connectivity index (χ3n) is 1.83. The van der Waals surface area contributed by atoms with Gasteiger partial charge < -0.3 is 4.74 Å². The van der Waals surface area contributed by atoms with Crippen LogP contribution in [-0.2, 0) is 0 Å². The quantitative estimate of drug-likeness (QED) is 0.563. The Morgan fingerprint density at radius 1 is 1.57 bits per heavy atom. The number of hydrogen-bond donors (Lipinski definition) is 0. The Labute approximate surface area is 83.1 Å². The highest BCUT2D eigenvalue weighted by Crippen LogP contribution is 2.32. The molecule has 0 amide bonds. The van der Waals surface area contributed by atoms with E-state index in [4.69, 9.17) is 4.74 Å². The van der Waals surface area contributed by atoms with E-state index in [0.29, 0.717) is 5.52 Å². The molecule has 1 aromatic carbocycles. The Hall–Kier alpha value is -1.69. The zero-order valence-corrected chi connectivity index (χ0v) is 8.08. The van der Waals surface area contributed by atoms with Crippen molar-refractivity contribution < 1.29 is 9.66 Å². The summed E-state index contributed by atoms with van der Waals surface area (Å²) >= 11 is 1.42. The minimum atomic E-state index is -0.475. The zero-order valence-electron chi connectivity index (χ0n) is 7.26. The van der Waals surface area contributed by atoms with E-state index in [2.05, 4.69) is 4.98 Å². The van der Waals surface area contributed by atoms with Crippen molar-refractivity contribution in [2.24, 2.45) is 0 Å². The molecule has 0 aliphatic carbocycles. The van der Waals surface area contributed by atoms with E-state index in [-0.39, 0.29) is 11.4 Å². The monoisotopic (exact) mass is 210 g/mol. The van der Waals surface area contributed by atoms with Gasteiger partial charge in [0.25, 0.3) is 0 Å². The number of fused-ring (bicyclic) bond motifs is 1. The van der Waals surface area contributed by atoms with Crippen LogP contribution in [0, 0.1) is 10.1 Å². The van der Waals surface area contributed by atoms with Gasteiger partial charge in [-0.2, -0.15) is 0 Å². The maximum atomic E-state index is 10.6. The van der Waals surface area contributed by atoms with Crippen molar-refractivity contribution in [1.29, 1.82) is 0 Å². The Morgan fingerprint density at radius 3 is 3.00 bits per heavy atom. The van der Waals surface area contributed by atoms with Gasteiger partial charge in [0, 0.05) is 12.1 Å². The Balaban J connectivity index is 2.72. The molecule has 0 atom stereocenters. The maximum absolute atomic E-state index is 10.6. The molecule has 0 N–H and O–H groups in total. The van der Waals surface area contributed by atoms with Gasteiger partial charge in [0.05, 0.1) is 27.8 Å². The molecule has 1 heterocycles. The summed E-state index contributed by atoms with van der Waals surface area (Å²) in [6.07, 6.45) is 0. The Morgan fingerprint density at radius 2 is 2.36 bits per heavy atom. The minimum absolute atomic E-state index is 0.0501. The molecule has 0 aliphatic heterocycles. The van der Waals surface area contributed by atoms with Crippen LogP contribution in [0.4, 0.5) is 5.69 Å². The number of methoxy groups -OCH3 is 1. The van der Waals surface area contributed by atoms with Crippen LogP contribution >= 0.6 is 11.3 Å². The maximum Gasteiger partial charge on any atom is 0.313 e. The SMILES string of the molecule is COc1cc2scnc2cc1[N+](=O)[O-]. The van der Waals surface area contributed by atoms with Gasteiger partial charge in [0.15, 0.2) is 5.75 Å². The lowest BCUT2D eigenvalue weighted by Gasteiger charge is -2.00. The van der Waals surface area contributed by atoms with E-state index in [1.165, 1.54) is 24.5 Å². The van der Waals surface area contributed by atoms with Crippen molar-refractivity contribution >= 4 is 27.2 Å². The number of nitrogens with zero attached hydrogens (tertiary/aromatic N) is 2. The molecule has 2 rings (SSSR count). The lowest BCUT2D eigenvalue weighted by Crippen LogP contribution is -1.93. The van der Waals surface area contributed by atoms with Crippen molar-refractivity contribution in [3.05, 3.63) is 27.8 Å². The van der Waals surface area contributed by atoms with Crippen LogP contribution < -0.4 is 4.74 Å². The van der Waals surface area contributed by atoms with E-state index >= 15 is 0 Å². The highest BCUT2D eigenvalue weighted by atomic mass is 32.1. The standard InChI is InChI=1S/C8H6N2O3S/c1-13-7-3-8-5(9-4-14-8)2-6(7)10(11)12/h2-4H,1H3. The first-order valence-electron chi connectivity index (χ1n) is 3.78. The molecule has 14 heavy (non-hydrogen) atoms. The third kappa shape index (κ3) is 1.29. The first-order valence-corrected chi connectivity index (χ1v) is 4.66. The normalized spacial score (nSPS) is 10.4. The summed E-state index contributed by atoms with van der Waals surface area (Å²) < 4.78 is 5.80. The largest absolute Gasteiger partial charge is 0.490 e. The summed E-state index contributed by atoms with van der Waals surface area (Å²) in [7, 11) is 1.41. The van der Waals surface area contributed by atoms with E-state index in [1.807, 2.05) is 0 Å². The first kappa shape index (κ1) is 8.89. The molecule has 0 unspecified atom stereocenters. The van der Waals surface area contributed by atoms with Gasteiger partial charge in [-0.05, 0) is 0 Å². The van der Waals surface area contributed by atoms with Crippen LogP contribution in [0.5, 0.6) is 5.75 Å². The average molecular weight is 210 g/mol. The van der Waals surface area contributed by atoms with Gasteiger partial charge in [-0.1, -0.05) is 0 Å². The van der Waals surface area contributed by atoms with Gasteiger partial charge >= 0.3 is 5.69 Å². The van der Waals surface area contributed by atoms with Gasteiger partial charge in [-0.15, -0.1) is 11.3 Å². The molecular weight excluding hydrogens is 204 g/mol. The van der Waals surface area contributed by atoms with Crippen molar-refractivity contribution in [3.63, 3.8) is 0 Å². The van der Waals surface area contributed by atoms with Crippen molar-refractivity contribution in [2.45, 2.75) is 0 Å². The first-order chi connectivity index (χ1) is 6.72. The fourth-order valence-corrected chi connectivity index (χ4v) is 1.87.